The van der Waals surface area contributed by atoms with E-state index in [1.165, 1.54) is 69.7 Å². The molecule has 0 radical (unpaired) electrons. The fourth-order valence-electron chi connectivity index (χ4n) is 3.75. The van der Waals surface area contributed by atoms with Crippen molar-refractivity contribution in [2.75, 3.05) is 44.2 Å². The summed E-state index contributed by atoms with van der Waals surface area (Å²) < 4.78 is 6.32. The second-order valence-corrected chi connectivity index (χ2v) is 7.55. The van der Waals surface area contributed by atoms with Crippen LogP contribution in [0.5, 0.6) is 0 Å². The average Bonchev–Trinajstić information content (AvgIpc) is 3.07. The average molecular weight is 284 g/mol. The Kier molecular flexibility index (Phi) is 5.07. The minimum Gasteiger partial charge on any atom is -0.370 e. The SMILES string of the molecule is C1CCC2(C1)CCC(CNCCN1CCSCC1)O2. The second kappa shape index (κ2) is 6.79. The summed E-state index contributed by atoms with van der Waals surface area (Å²) in [6, 6.07) is 0. The van der Waals surface area contributed by atoms with Gasteiger partial charge in [-0.25, -0.2) is 0 Å². The lowest BCUT2D eigenvalue weighted by atomic mass is 9.98. The van der Waals surface area contributed by atoms with Crippen LogP contribution in [0.4, 0.5) is 0 Å². The lowest BCUT2D eigenvalue weighted by Crippen LogP contribution is -2.39. The molecule has 3 fully saturated rings. The molecule has 0 bridgehead atoms. The molecule has 0 aromatic carbocycles. The first-order valence-corrected chi connectivity index (χ1v) is 9.20. The maximum Gasteiger partial charge on any atom is 0.0708 e. The van der Waals surface area contributed by atoms with E-state index in [9.17, 15) is 0 Å². The lowest BCUT2D eigenvalue weighted by molar-refractivity contribution is -0.0351. The fourth-order valence-corrected chi connectivity index (χ4v) is 4.73. The molecular weight excluding hydrogens is 256 g/mol. The van der Waals surface area contributed by atoms with Gasteiger partial charge in [-0.05, 0) is 25.7 Å². The summed E-state index contributed by atoms with van der Waals surface area (Å²) in [4.78, 5) is 2.58. The maximum atomic E-state index is 6.32. The van der Waals surface area contributed by atoms with E-state index in [0.29, 0.717) is 11.7 Å². The minimum absolute atomic E-state index is 0.302. The molecule has 0 amide bonds. The summed E-state index contributed by atoms with van der Waals surface area (Å²) >= 11 is 2.09. The van der Waals surface area contributed by atoms with Gasteiger partial charge in [-0.15, -0.1) is 0 Å². The highest BCUT2D eigenvalue weighted by Gasteiger charge is 2.41. The molecule has 4 heteroatoms. The Hall–Kier alpha value is 0.230. The van der Waals surface area contributed by atoms with E-state index < -0.39 is 0 Å². The summed E-state index contributed by atoms with van der Waals surface area (Å²) in [7, 11) is 0. The Labute approximate surface area is 121 Å². The van der Waals surface area contributed by atoms with Gasteiger partial charge in [0.15, 0.2) is 0 Å². The van der Waals surface area contributed by atoms with Gasteiger partial charge in [0.1, 0.15) is 0 Å². The topological polar surface area (TPSA) is 24.5 Å². The molecule has 2 heterocycles. The number of hydrogen-bond acceptors (Lipinski definition) is 4. The number of rotatable bonds is 5. The molecule has 1 N–H and O–H groups in total. The largest absolute Gasteiger partial charge is 0.370 e. The van der Waals surface area contributed by atoms with Gasteiger partial charge >= 0.3 is 0 Å². The number of nitrogens with zero attached hydrogens (tertiary/aromatic N) is 1. The van der Waals surface area contributed by atoms with Crippen LogP contribution < -0.4 is 5.32 Å². The molecule has 0 aromatic rings. The van der Waals surface area contributed by atoms with Crippen LogP contribution >= 0.6 is 11.8 Å². The maximum absolute atomic E-state index is 6.32. The molecule has 1 saturated carbocycles. The summed E-state index contributed by atoms with van der Waals surface area (Å²) in [5, 5.41) is 3.61. The van der Waals surface area contributed by atoms with Crippen molar-refractivity contribution < 1.29 is 4.74 Å². The van der Waals surface area contributed by atoms with Crippen molar-refractivity contribution in [3.8, 4) is 0 Å². The summed E-state index contributed by atoms with van der Waals surface area (Å²) in [5.41, 5.74) is 0.302. The van der Waals surface area contributed by atoms with Gasteiger partial charge < -0.3 is 15.0 Å². The highest BCUT2D eigenvalue weighted by molar-refractivity contribution is 7.99. The van der Waals surface area contributed by atoms with Crippen molar-refractivity contribution in [1.29, 1.82) is 0 Å². The van der Waals surface area contributed by atoms with Gasteiger partial charge in [0.05, 0.1) is 11.7 Å². The summed E-state index contributed by atoms with van der Waals surface area (Å²) in [6.07, 6.45) is 8.45. The molecule has 3 nitrogen and oxygen atoms in total. The van der Waals surface area contributed by atoms with Crippen molar-refractivity contribution in [2.45, 2.75) is 50.2 Å². The highest BCUT2D eigenvalue weighted by atomic mass is 32.2. The van der Waals surface area contributed by atoms with Crippen LogP contribution in [0.1, 0.15) is 38.5 Å². The molecule has 19 heavy (non-hydrogen) atoms. The zero-order chi connectivity index (χ0) is 13.0. The van der Waals surface area contributed by atoms with Gasteiger partial charge in [-0.2, -0.15) is 11.8 Å². The number of hydrogen-bond donors (Lipinski definition) is 1. The first-order chi connectivity index (χ1) is 9.36. The van der Waals surface area contributed by atoms with Crippen molar-refractivity contribution in [3.05, 3.63) is 0 Å². The fraction of sp³-hybridized carbons (Fsp3) is 1.00. The van der Waals surface area contributed by atoms with Crippen molar-refractivity contribution in [3.63, 3.8) is 0 Å². The third kappa shape index (κ3) is 3.87. The van der Waals surface area contributed by atoms with Gasteiger partial charge in [-0.1, -0.05) is 12.8 Å². The molecule has 1 aliphatic carbocycles. The Bertz CT molecular complexity index is 275. The zero-order valence-electron chi connectivity index (χ0n) is 12.0. The van der Waals surface area contributed by atoms with Crippen LogP contribution in [0.25, 0.3) is 0 Å². The van der Waals surface area contributed by atoms with E-state index in [1.807, 2.05) is 0 Å². The smallest absolute Gasteiger partial charge is 0.0708 e. The molecule has 1 unspecified atom stereocenters. The summed E-state index contributed by atoms with van der Waals surface area (Å²) in [5.74, 6) is 2.63. The van der Waals surface area contributed by atoms with E-state index in [0.717, 1.165) is 13.1 Å². The quantitative estimate of drug-likeness (QED) is 0.782. The first-order valence-electron chi connectivity index (χ1n) is 8.05. The molecule has 2 aliphatic heterocycles. The van der Waals surface area contributed by atoms with Gasteiger partial charge in [0, 0.05) is 44.2 Å². The van der Waals surface area contributed by atoms with Crippen LogP contribution in [-0.2, 0) is 4.74 Å². The van der Waals surface area contributed by atoms with Crippen LogP contribution in [-0.4, -0.2) is 60.8 Å². The monoisotopic (exact) mass is 284 g/mol. The van der Waals surface area contributed by atoms with Crippen LogP contribution in [0.2, 0.25) is 0 Å². The van der Waals surface area contributed by atoms with Crippen molar-refractivity contribution in [2.24, 2.45) is 0 Å². The zero-order valence-corrected chi connectivity index (χ0v) is 12.8. The second-order valence-electron chi connectivity index (χ2n) is 6.33. The highest BCUT2D eigenvalue weighted by Crippen LogP contribution is 2.43. The Balaban J connectivity index is 1.28. The van der Waals surface area contributed by atoms with Crippen LogP contribution in [0.15, 0.2) is 0 Å². The van der Waals surface area contributed by atoms with Crippen LogP contribution in [0, 0.1) is 0 Å². The standard InChI is InChI=1S/C15H28N2OS/c1-2-5-15(4-1)6-3-14(18-15)13-16-7-8-17-9-11-19-12-10-17/h14,16H,1-13H2. The minimum atomic E-state index is 0.302. The molecule has 2 saturated heterocycles. The van der Waals surface area contributed by atoms with E-state index in [2.05, 4.69) is 22.0 Å². The molecule has 1 atom stereocenters. The third-order valence-electron chi connectivity index (χ3n) is 4.93. The van der Waals surface area contributed by atoms with E-state index in [1.54, 1.807) is 0 Å². The Morgan fingerprint density at radius 3 is 2.74 bits per heavy atom. The Morgan fingerprint density at radius 1 is 1.16 bits per heavy atom. The van der Waals surface area contributed by atoms with Crippen molar-refractivity contribution >= 4 is 11.8 Å². The number of nitrogens with one attached hydrogen (secondary N) is 1. The molecule has 0 aromatic heterocycles. The molecular formula is C15H28N2OS. The molecule has 110 valence electrons. The van der Waals surface area contributed by atoms with E-state index in [4.69, 9.17) is 4.74 Å². The van der Waals surface area contributed by atoms with Gasteiger partial charge in [0.25, 0.3) is 0 Å². The predicted molar refractivity (Wildman–Crippen MR) is 81.9 cm³/mol. The lowest BCUT2D eigenvalue weighted by Gasteiger charge is -2.27. The van der Waals surface area contributed by atoms with Crippen molar-refractivity contribution in [1.82, 2.24) is 10.2 Å². The summed E-state index contributed by atoms with van der Waals surface area (Å²) in [6.45, 7) is 5.94. The van der Waals surface area contributed by atoms with E-state index >= 15 is 0 Å². The number of ether oxygens (including phenoxy) is 1. The van der Waals surface area contributed by atoms with E-state index in [-0.39, 0.29) is 0 Å². The Morgan fingerprint density at radius 2 is 1.95 bits per heavy atom. The normalized spacial score (nSPS) is 31.3. The van der Waals surface area contributed by atoms with Crippen LogP contribution in [0.3, 0.4) is 0 Å². The molecule has 3 aliphatic rings. The van der Waals surface area contributed by atoms with Gasteiger partial charge in [-0.3, -0.25) is 0 Å². The van der Waals surface area contributed by atoms with Gasteiger partial charge in [0.2, 0.25) is 0 Å². The molecule has 1 spiro atoms. The third-order valence-corrected chi connectivity index (χ3v) is 5.88. The number of thioether (sulfide) groups is 1. The predicted octanol–water partition coefficient (Wildman–Crippen LogP) is 2.12. The first kappa shape index (κ1) is 14.2. The molecule has 3 rings (SSSR count).